The number of aromatic nitrogens is 1. The molecule has 0 aliphatic rings. The van der Waals surface area contributed by atoms with Gasteiger partial charge in [-0.3, -0.25) is 4.79 Å². The van der Waals surface area contributed by atoms with E-state index in [9.17, 15) is 4.79 Å². The highest BCUT2D eigenvalue weighted by atomic mass is 16.1. The molecule has 3 heteroatoms. The number of H-pyrrole nitrogens is 1. The Morgan fingerprint density at radius 1 is 1.47 bits per heavy atom. The number of hydrogen-bond acceptors (Lipinski definition) is 1. The number of benzene rings is 1. The Morgan fingerprint density at radius 2 is 2.24 bits per heavy atom. The number of rotatable bonds is 3. The van der Waals surface area contributed by atoms with Gasteiger partial charge in [0.05, 0.1) is 0 Å². The molecule has 0 saturated carbocycles. The van der Waals surface area contributed by atoms with Gasteiger partial charge in [0.1, 0.15) is 0 Å². The second-order valence-corrected chi connectivity index (χ2v) is 4.62. The highest BCUT2D eigenvalue weighted by molar-refractivity contribution is 5.86. The van der Waals surface area contributed by atoms with Crippen LogP contribution < -0.4 is 5.32 Å². The minimum Gasteiger partial charge on any atom is -0.361 e. The van der Waals surface area contributed by atoms with Gasteiger partial charge in [-0.15, -0.1) is 0 Å². The molecule has 1 heterocycles. The average Bonchev–Trinajstić information content (AvgIpc) is 2.62. The molecule has 1 atom stereocenters. The third-order valence-electron chi connectivity index (χ3n) is 2.99. The van der Waals surface area contributed by atoms with Crippen molar-refractivity contribution in [3.05, 3.63) is 35.5 Å². The van der Waals surface area contributed by atoms with Crippen LogP contribution in [-0.4, -0.2) is 16.9 Å². The van der Waals surface area contributed by atoms with Crippen LogP contribution in [-0.2, 0) is 11.2 Å². The van der Waals surface area contributed by atoms with Crippen molar-refractivity contribution in [3.63, 3.8) is 0 Å². The summed E-state index contributed by atoms with van der Waals surface area (Å²) in [6.07, 6.45) is 2.89. The van der Waals surface area contributed by atoms with Gasteiger partial charge in [-0.2, -0.15) is 0 Å². The second-order valence-electron chi connectivity index (χ2n) is 4.62. The molecule has 2 aromatic rings. The Labute approximate surface area is 101 Å². The summed E-state index contributed by atoms with van der Waals surface area (Å²) >= 11 is 0. The van der Waals surface area contributed by atoms with Crippen molar-refractivity contribution in [2.24, 2.45) is 0 Å². The molecular formula is C14H18N2O. The highest BCUT2D eigenvalue weighted by Crippen LogP contribution is 2.22. The molecule has 1 aromatic carbocycles. The normalized spacial score (nSPS) is 12.6. The zero-order valence-corrected chi connectivity index (χ0v) is 10.5. The third-order valence-corrected chi connectivity index (χ3v) is 2.99. The zero-order chi connectivity index (χ0) is 12.4. The van der Waals surface area contributed by atoms with E-state index in [2.05, 4.69) is 35.4 Å². The molecule has 90 valence electrons. The van der Waals surface area contributed by atoms with Crippen LogP contribution >= 0.6 is 0 Å². The van der Waals surface area contributed by atoms with Crippen LogP contribution in [0.25, 0.3) is 10.9 Å². The molecule has 3 nitrogen and oxygen atoms in total. The first-order valence-corrected chi connectivity index (χ1v) is 5.90. The zero-order valence-electron chi connectivity index (χ0n) is 10.5. The van der Waals surface area contributed by atoms with E-state index in [-0.39, 0.29) is 11.9 Å². The van der Waals surface area contributed by atoms with Crippen LogP contribution in [0.5, 0.6) is 0 Å². The van der Waals surface area contributed by atoms with Crippen LogP contribution in [0.4, 0.5) is 0 Å². The fourth-order valence-corrected chi connectivity index (χ4v) is 2.26. The van der Waals surface area contributed by atoms with E-state index in [0.29, 0.717) is 0 Å². The van der Waals surface area contributed by atoms with E-state index in [0.717, 1.165) is 6.42 Å². The fourth-order valence-electron chi connectivity index (χ4n) is 2.26. The number of carbonyl (C=O) groups excluding carboxylic acids is 1. The second kappa shape index (κ2) is 4.62. The lowest BCUT2D eigenvalue weighted by atomic mass is 10.0. The van der Waals surface area contributed by atoms with Crippen molar-refractivity contribution in [2.45, 2.75) is 33.2 Å². The molecule has 2 N–H and O–H groups in total. The minimum absolute atomic E-state index is 0.0218. The third kappa shape index (κ3) is 2.49. The predicted molar refractivity (Wildman–Crippen MR) is 70.0 cm³/mol. The molecule has 0 saturated heterocycles. The van der Waals surface area contributed by atoms with E-state index in [4.69, 9.17) is 0 Å². The van der Waals surface area contributed by atoms with Crippen LogP contribution in [0.1, 0.15) is 25.0 Å². The standard InChI is InChI=1S/C14H18N2O/c1-9-5-4-6-13-12(8-15-14(9)13)7-10(2)16-11(3)17/h4-6,8,10,15H,7H2,1-3H3,(H,16,17). The van der Waals surface area contributed by atoms with Crippen molar-refractivity contribution in [2.75, 3.05) is 0 Å². The average molecular weight is 230 g/mol. The molecule has 0 spiro atoms. The molecule has 1 unspecified atom stereocenters. The fraction of sp³-hybridized carbons (Fsp3) is 0.357. The van der Waals surface area contributed by atoms with E-state index < -0.39 is 0 Å². The van der Waals surface area contributed by atoms with E-state index >= 15 is 0 Å². The predicted octanol–water partition coefficient (Wildman–Crippen LogP) is 2.54. The number of fused-ring (bicyclic) bond motifs is 1. The van der Waals surface area contributed by atoms with Gasteiger partial charge in [0.25, 0.3) is 0 Å². The Hall–Kier alpha value is -1.77. The maximum Gasteiger partial charge on any atom is 0.217 e. The summed E-state index contributed by atoms with van der Waals surface area (Å²) in [5.74, 6) is 0.0218. The van der Waals surface area contributed by atoms with E-state index in [1.54, 1.807) is 6.92 Å². The first-order chi connectivity index (χ1) is 8.08. The van der Waals surface area contributed by atoms with Gasteiger partial charge >= 0.3 is 0 Å². The van der Waals surface area contributed by atoms with Crippen molar-refractivity contribution in [1.29, 1.82) is 0 Å². The lowest BCUT2D eigenvalue weighted by Crippen LogP contribution is -2.31. The number of aryl methyl sites for hydroxylation is 1. The SMILES string of the molecule is CC(=O)NC(C)Cc1c[nH]c2c(C)cccc12. The Morgan fingerprint density at radius 3 is 2.94 bits per heavy atom. The first-order valence-electron chi connectivity index (χ1n) is 5.90. The summed E-state index contributed by atoms with van der Waals surface area (Å²) in [7, 11) is 0. The number of para-hydroxylation sites is 1. The number of hydrogen-bond donors (Lipinski definition) is 2. The van der Waals surface area contributed by atoms with Gasteiger partial charge in [-0.1, -0.05) is 18.2 Å². The largest absolute Gasteiger partial charge is 0.361 e. The van der Waals surface area contributed by atoms with Gasteiger partial charge < -0.3 is 10.3 Å². The lowest BCUT2D eigenvalue weighted by molar-refractivity contribution is -0.119. The van der Waals surface area contributed by atoms with Gasteiger partial charge in [0.2, 0.25) is 5.91 Å². The first kappa shape index (κ1) is 11.7. The lowest BCUT2D eigenvalue weighted by Gasteiger charge is -2.11. The number of amides is 1. The van der Waals surface area contributed by atoms with Crippen LogP contribution in [0.2, 0.25) is 0 Å². The number of aromatic amines is 1. The molecular weight excluding hydrogens is 212 g/mol. The monoisotopic (exact) mass is 230 g/mol. The maximum atomic E-state index is 11.0. The van der Waals surface area contributed by atoms with Crippen molar-refractivity contribution >= 4 is 16.8 Å². The van der Waals surface area contributed by atoms with E-state index in [1.807, 2.05) is 13.1 Å². The molecule has 0 aliphatic carbocycles. The number of carbonyl (C=O) groups is 1. The molecule has 0 aliphatic heterocycles. The maximum absolute atomic E-state index is 11.0. The van der Waals surface area contributed by atoms with Crippen LogP contribution in [0, 0.1) is 6.92 Å². The molecule has 2 rings (SSSR count). The summed E-state index contributed by atoms with van der Waals surface area (Å²) in [6.45, 7) is 5.67. The number of nitrogens with one attached hydrogen (secondary N) is 2. The van der Waals surface area contributed by atoms with Gasteiger partial charge in [0.15, 0.2) is 0 Å². The molecule has 0 fully saturated rings. The smallest absolute Gasteiger partial charge is 0.217 e. The van der Waals surface area contributed by atoms with Crippen LogP contribution in [0.15, 0.2) is 24.4 Å². The Bertz CT molecular complexity index is 542. The summed E-state index contributed by atoms with van der Waals surface area (Å²) < 4.78 is 0. The van der Waals surface area contributed by atoms with Crippen molar-refractivity contribution in [1.82, 2.24) is 10.3 Å². The Balaban J connectivity index is 2.25. The molecule has 1 amide bonds. The summed E-state index contributed by atoms with van der Waals surface area (Å²) in [4.78, 5) is 14.3. The van der Waals surface area contributed by atoms with Crippen molar-refractivity contribution in [3.8, 4) is 0 Å². The molecule has 0 radical (unpaired) electrons. The van der Waals surface area contributed by atoms with E-state index in [1.165, 1.54) is 22.0 Å². The topological polar surface area (TPSA) is 44.9 Å². The minimum atomic E-state index is 0.0218. The molecule has 1 aromatic heterocycles. The highest BCUT2D eigenvalue weighted by Gasteiger charge is 2.09. The Kier molecular flexibility index (Phi) is 3.18. The molecule has 0 bridgehead atoms. The van der Waals surface area contributed by atoms with Crippen LogP contribution in [0.3, 0.4) is 0 Å². The van der Waals surface area contributed by atoms with Gasteiger partial charge in [0, 0.05) is 30.1 Å². The summed E-state index contributed by atoms with van der Waals surface area (Å²) in [6, 6.07) is 6.44. The quantitative estimate of drug-likeness (QED) is 0.836. The summed E-state index contributed by atoms with van der Waals surface area (Å²) in [5, 5.41) is 4.16. The van der Waals surface area contributed by atoms with Gasteiger partial charge in [-0.05, 0) is 31.4 Å². The van der Waals surface area contributed by atoms with Gasteiger partial charge in [-0.25, -0.2) is 0 Å². The van der Waals surface area contributed by atoms with Crippen molar-refractivity contribution < 1.29 is 4.79 Å². The summed E-state index contributed by atoms with van der Waals surface area (Å²) in [5.41, 5.74) is 3.70. The molecule has 17 heavy (non-hydrogen) atoms.